The monoisotopic (exact) mass is 358 g/mol. The first-order valence-electron chi connectivity index (χ1n) is 8.22. The Morgan fingerprint density at radius 3 is 2.35 bits per heavy atom. The molecule has 0 aliphatic heterocycles. The van der Waals surface area contributed by atoms with Gasteiger partial charge in [0.1, 0.15) is 18.1 Å². The Labute approximate surface area is 151 Å². The van der Waals surface area contributed by atoms with Crippen molar-refractivity contribution in [1.82, 2.24) is 10.6 Å². The molecule has 2 aromatic carbocycles. The van der Waals surface area contributed by atoms with E-state index in [1.807, 2.05) is 30.3 Å². The number of nitrogens with one attached hydrogen (secondary N) is 2. The summed E-state index contributed by atoms with van der Waals surface area (Å²) >= 11 is 0. The topological polar surface area (TPSA) is 96.9 Å². The highest BCUT2D eigenvalue weighted by Crippen LogP contribution is 2.17. The third-order valence-corrected chi connectivity index (χ3v) is 3.43. The van der Waals surface area contributed by atoms with E-state index in [-0.39, 0.29) is 31.4 Å². The van der Waals surface area contributed by atoms with Gasteiger partial charge in [-0.25, -0.2) is 4.79 Å². The van der Waals surface area contributed by atoms with Crippen molar-refractivity contribution in [3.8, 4) is 11.5 Å². The Kier molecular flexibility index (Phi) is 7.30. The van der Waals surface area contributed by atoms with Crippen LogP contribution in [0.1, 0.15) is 12.5 Å². The van der Waals surface area contributed by atoms with Gasteiger partial charge in [-0.2, -0.15) is 0 Å². The van der Waals surface area contributed by atoms with Crippen molar-refractivity contribution in [2.24, 2.45) is 0 Å². The summed E-state index contributed by atoms with van der Waals surface area (Å²) in [6.45, 7) is 2.30. The molecule has 2 amide bonds. The first kappa shape index (κ1) is 19.1. The molecule has 7 nitrogen and oxygen atoms in total. The lowest BCUT2D eigenvalue weighted by Crippen LogP contribution is -2.40. The third-order valence-electron chi connectivity index (χ3n) is 3.43. The van der Waals surface area contributed by atoms with Crippen LogP contribution in [0.5, 0.6) is 11.5 Å². The molecule has 0 bridgehead atoms. The smallest absolute Gasteiger partial charge is 0.407 e. The molecule has 0 heterocycles. The highest BCUT2D eigenvalue weighted by atomic mass is 16.5. The number of benzene rings is 2. The molecule has 0 aliphatic rings. The van der Waals surface area contributed by atoms with Gasteiger partial charge in [0, 0.05) is 13.1 Å². The Bertz CT molecular complexity index is 704. The number of phenols is 1. The number of hydrogen-bond donors (Lipinski definition) is 3. The zero-order chi connectivity index (χ0) is 18.8. The Morgan fingerprint density at radius 1 is 1.00 bits per heavy atom. The molecule has 0 fully saturated rings. The van der Waals surface area contributed by atoms with E-state index in [2.05, 4.69) is 10.6 Å². The molecule has 7 heteroatoms. The molecule has 2 rings (SSSR count). The molecule has 3 N–H and O–H groups in total. The van der Waals surface area contributed by atoms with E-state index in [0.717, 1.165) is 5.56 Å². The molecular weight excluding hydrogens is 336 g/mol. The minimum Gasteiger partial charge on any atom is -0.508 e. The second-order valence-corrected chi connectivity index (χ2v) is 5.53. The van der Waals surface area contributed by atoms with Crippen molar-refractivity contribution < 1.29 is 24.2 Å². The van der Waals surface area contributed by atoms with Gasteiger partial charge in [0.25, 0.3) is 5.91 Å². The van der Waals surface area contributed by atoms with Crippen molar-refractivity contribution in [3.05, 3.63) is 60.2 Å². The highest BCUT2D eigenvalue weighted by molar-refractivity contribution is 5.80. The number of ether oxygens (including phenoxy) is 2. The summed E-state index contributed by atoms with van der Waals surface area (Å²) in [4.78, 5) is 23.5. The molecule has 0 spiro atoms. The summed E-state index contributed by atoms with van der Waals surface area (Å²) in [7, 11) is 0. The van der Waals surface area contributed by atoms with Crippen LogP contribution in [-0.2, 0) is 16.1 Å². The first-order chi connectivity index (χ1) is 12.5. The highest BCUT2D eigenvalue weighted by Gasteiger charge is 2.14. The minimum absolute atomic E-state index is 0.125. The summed E-state index contributed by atoms with van der Waals surface area (Å²) in [5, 5.41) is 14.4. The van der Waals surface area contributed by atoms with Gasteiger partial charge in [-0.05, 0) is 36.8 Å². The molecule has 1 unspecified atom stereocenters. The predicted octanol–water partition coefficient (Wildman–Crippen LogP) is 2.20. The maximum Gasteiger partial charge on any atom is 0.407 e. The quantitative estimate of drug-likeness (QED) is 0.629. The van der Waals surface area contributed by atoms with Gasteiger partial charge in [-0.3, -0.25) is 4.79 Å². The number of amides is 2. The first-order valence-corrected chi connectivity index (χ1v) is 8.22. The molecule has 26 heavy (non-hydrogen) atoms. The number of carbonyl (C=O) groups excluding carboxylic acids is 2. The van der Waals surface area contributed by atoms with Crippen LogP contribution in [0.15, 0.2) is 54.6 Å². The number of rotatable bonds is 8. The molecule has 0 saturated carbocycles. The minimum atomic E-state index is -0.704. The van der Waals surface area contributed by atoms with Crippen molar-refractivity contribution >= 4 is 12.0 Å². The third kappa shape index (κ3) is 6.72. The maximum atomic E-state index is 11.9. The van der Waals surface area contributed by atoms with Crippen molar-refractivity contribution in [2.45, 2.75) is 19.6 Å². The molecule has 138 valence electrons. The predicted molar refractivity (Wildman–Crippen MR) is 95.8 cm³/mol. The standard InChI is InChI=1S/C19H22N2O5/c1-14(26-17-9-7-16(22)8-10-17)18(23)20-11-12-21-19(24)25-13-15-5-3-2-4-6-15/h2-10,14,22H,11-13H2,1H3,(H,20,23)(H,21,24). The van der Waals surface area contributed by atoms with Crippen LogP contribution in [0.2, 0.25) is 0 Å². The number of carbonyl (C=O) groups is 2. The van der Waals surface area contributed by atoms with Gasteiger partial charge < -0.3 is 25.2 Å². The maximum absolute atomic E-state index is 11.9. The fourth-order valence-electron chi connectivity index (χ4n) is 2.05. The van der Waals surface area contributed by atoms with Gasteiger partial charge in [-0.15, -0.1) is 0 Å². The Morgan fingerprint density at radius 2 is 1.65 bits per heavy atom. The van der Waals surface area contributed by atoms with Gasteiger partial charge >= 0.3 is 6.09 Å². The fraction of sp³-hybridized carbons (Fsp3) is 0.263. The molecule has 0 radical (unpaired) electrons. The summed E-state index contributed by atoms with van der Waals surface area (Å²) in [6, 6.07) is 15.5. The SMILES string of the molecule is CC(Oc1ccc(O)cc1)C(=O)NCCNC(=O)OCc1ccccc1. The zero-order valence-electron chi connectivity index (χ0n) is 14.5. The molecule has 1 atom stereocenters. The molecular formula is C19H22N2O5. The molecule has 0 aliphatic carbocycles. The average molecular weight is 358 g/mol. The molecule has 0 saturated heterocycles. The van der Waals surface area contributed by atoms with Crippen LogP contribution < -0.4 is 15.4 Å². The lowest BCUT2D eigenvalue weighted by atomic mass is 10.2. The Balaban J connectivity index is 1.60. The van der Waals surface area contributed by atoms with Crippen LogP contribution in [0.25, 0.3) is 0 Å². The summed E-state index contributed by atoms with van der Waals surface area (Å²) < 4.78 is 10.5. The number of phenolic OH excluding ortho intramolecular Hbond substituents is 1. The second kappa shape index (κ2) is 9.93. The average Bonchev–Trinajstić information content (AvgIpc) is 2.66. The van der Waals surface area contributed by atoms with Crippen LogP contribution in [-0.4, -0.2) is 36.3 Å². The molecule has 0 aromatic heterocycles. The molecule has 2 aromatic rings. The van der Waals surface area contributed by atoms with Crippen LogP contribution in [0, 0.1) is 0 Å². The number of hydrogen-bond acceptors (Lipinski definition) is 5. The zero-order valence-corrected chi connectivity index (χ0v) is 14.5. The second-order valence-electron chi connectivity index (χ2n) is 5.53. The van der Waals surface area contributed by atoms with Gasteiger partial charge in [0.05, 0.1) is 0 Å². The van der Waals surface area contributed by atoms with E-state index in [1.54, 1.807) is 19.1 Å². The van der Waals surface area contributed by atoms with Gasteiger partial charge in [0.2, 0.25) is 0 Å². The fourth-order valence-corrected chi connectivity index (χ4v) is 2.05. The van der Waals surface area contributed by atoms with E-state index in [9.17, 15) is 14.7 Å². The van der Waals surface area contributed by atoms with E-state index < -0.39 is 12.2 Å². The van der Waals surface area contributed by atoms with Crippen molar-refractivity contribution in [3.63, 3.8) is 0 Å². The van der Waals surface area contributed by atoms with Crippen LogP contribution in [0.3, 0.4) is 0 Å². The number of aromatic hydroxyl groups is 1. The van der Waals surface area contributed by atoms with E-state index in [0.29, 0.717) is 5.75 Å². The van der Waals surface area contributed by atoms with Crippen LogP contribution in [0.4, 0.5) is 4.79 Å². The van der Waals surface area contributed by atoms with E-state index >= 15 is 0 Å². The van der Waals surface area contributed by atoms with Crippen LogP contribution >= 0.6 is 0 Å². The summed E-state index contributed by atoms with van der Waals surface area (Å²) in [5.41, 5.74) is 0.899. The largest absolute Gasteiger partial charge is 0.508 e. The normalized spacial score (nSPS) is 11.3. The van der Waals surface area contributed by atoms with E-state index in [1.165, 1.54) is 12.1 Å². The van der Waals surface area contributed by atoms with Gasteiger partial charge in [-0.1, -0.05) is 30.3 Å². The Hall–Kier alpha value is -3.22. The lowest BCUT2D eigenvalue weighted by Gasteiger charge is -2.15. The van der Waals surface area contributed by atoms with Crippen molar-refractivity contribution in [2.75, 3.05) is 13.1 Å². The summed E-state index contributed by atoms with van der Waals surface area (Å²) in [6.07, 6.45) is -1.25. The lowest BCUT2D eigenvalue weighted by molar-refractivity contribution is -0.127. The number of alkyl carbamates (subject to hydrolysis) is 1. The van der Waals surface area contributed by atoms with Crippen molar-refractivity contribution in [1.29, 1.82) is 0 Å². The summed E-state index contributed by atoms with van der Waals surface area (Å²) in [5.74, 6) is 0.297. The van der Waals surface area contributed by atoms with E-state index in [4.69, 9.17) is 9.47 Å². The van der Waals surface area contributed by atoms with Gasteiger partial charge in [0.15, 0.2) is 6.10 Å².